The number of benzene rings is 1. The van der Waals surface area contributed by atoms with Crippen LogP contribution in [-0.4, -0.2) is 25.0 Å². The van der Waals surface area contributed by atoms with Gasteiger partial charge in [0.05, 0.1) is 0 Å². The van der Waals surface area contributed by atoms with Gasteiger partial charge in [-0.2, -0.15) is 0 Å². The minimum absolute atomic E-state index is 0.221. The van der Waals surface area contributed by atoms with Crippen molar-refractivity contribution in [2.24, 2.45) is 0 Å². The summed E-state index contributed by atoms with van der Waals surface area (Å²) in [5.41, 5.74) is 3.72. The van der Waals surface area contributed by atoms with Gasteiger partial charge >= 0.3 is 5.97 Å². The van der Waals surface area contributed by atoms with Crippen molar-refractivity contribution in [3.8, 4) is 10.4 Å². The van der Waals surface area contributed by atoms with Gasteiger partial charge < -0.3 is 10.1 Å². The van der Waals surface area contributed by atoms with Crippen molar-refractivity contribution in [1.29, 1.82) is 0 Å². The summed E-state index contributed by atoms with van der Waals surface area (Å²) < 4.78 is 5.15. The summed E-state index contributed by atoms with van der Waals surface area (Å²) in [5.74, 6) is -0.666. The van der Waals surface area contributed by atoms with Crippen molar-refractivity contribution >= 4 is 23.2 Å². The Morgan fingerprint density at radius 3 is 2.83 bits per heavy atom. The molecule has 1 aliphatic carbocycles. The van der Waals surface area contributed by atoms with Gasteiger partial charge in [0.15, 0.2) is 6.61 Å². The van der Waals surface area contributed by atoms with Gasteiger partial charge in [-0.3, -0.25) is 4.79 Å². The van der Waals surface area contributed by atoms with Gasteiger partial charge in [0.1, 0.15) is 4.88 Å². The first-order valence-corrected chi connectivity index (χ1v) is 9.15. The third-order valence-electron chi connectivity index (χ3n) is 4.12. The van der Waals surface area contributed by atoms with Crippen molar-refractivity contribution in [3.05, 3.63) is 46.3 Å². The van der Waals surface area contributed by atoms with Crippen LogP contribution in [-0.2, 0) is 22.4 Å². The van der Waals surface area contributed by atoms with Crippen LogP contribution in [0, 0.1) is 0 Å². The van der Waals surface area contributed by atoms with Crippen LogP contribution in [0.5, 0.6) is 0 Å². The Kier molecular flexibility index (Phi) is 5.30. The molecular weight excluding hydrogens is 322 g/mol. The van der Waals surface area contributed by atoms with E-state index in [0.717, 1.165) is 30.6 Å². The number of unbranched alkanes of at least 4 members (excludes halogenated alkanes) is 1. The summed E-state index contributed by atoms with van der Waals surface area (Å²) in [6, 6.07) is 10.2. The molecule has 1 aliphatic rings. The summed E-state index contributed by atoms with van der Waals surface area (Å²) in [6.07, 6.45) is 3.88. The Hall–Kier alpha value is -2.14. The number of amides is 1. The molecule has 0 fully saturated rings. The average Bonchev–Trinajstić information content (AvgIpc) is 3.05. The maximum absolute atomic E-state index is 12.2. The molecule has 1 aromatic heterocycles. The Balaban J connectivity index is 1.64. The third kappa shape index (κ3) is 3.67. The predicted molar refractivity (Wildman–Crippen MR) is 95.4 cm³/mol. The van der Waals surface area contributed by atoms with E-state index in [0.29, 0.717) is 11.4 Å². The number of ether oxygens (including phenoxy) is 1. The zero-order chi connectivity index (χ0) is 16.9. The van der Waals surface area contributed by atoms with Gasteiger partial charge in [0, 0.05) is 11.4 Å². The monoisotopic (exact) mass is 343 g/mol. The highest BCUT2D eigenvalue weighted by Crippen LogP contribution is 2.39. The van der Waals surface area contributed by atoms with Gasteiger partial charge in [-0.1, -0.05) is 37.6 Å². The molecule has 1 N–H and O–H groups in total. The van der Waals surface area contributed by atoms with Crippen LogP contribution in [0.1, 0.15) is 40.6 Å². The molecule has 4 nitrogen and oxygen atoms in total. The second-order valence-electron chi connectivity index (χ2n) is 5.90. The summed E-state index contributed by atoms with van der Waals surface area (Å²) in [4.78, 5) is 25.6. The summed E-state index contributed by atoms with van der Waals surface area (Å²) >= 11 is 1.45. The van der Waals surface area contributed by atoms with Crippen molar-refractivity contribution in [1.82, 2.24) is 5.32 Å². The van der Waals surface area contributed by atoms with Crippen molar-refractivity contribution in [3.63, 3.8) is 0 Å². The molecule has 0 saturated carbocycles. The standard InChI is InChI=1S/C19H21NO3S/c1-2-3-10-20-17(21)12-23-19(22)16-11-14-9-8-13-6-4-5-7-15(13)18(14)24-16/h4-7,11H,2-3,8-10,12H2,1H3,(H,20,21). The number of thiophene rings is 1. The maximum Gasteiger partial charge on any atom is 0.348 e. The zero-order valence-corrected chi connectivity index (χ0v) is 14.6. The lowest BCUT2D eigenvalue weighted by Gasteiger charge is -2.15. The first kappa shape index (κ1) is 16.7. The number of esters is 1. The first-order chi connectivity index (χ1) is 11.7. The molecule has 1 aromatic carbocycles. The fourth-order valence-corrected chi connectivity index (χ4v) is 3.99. The van der Waals surface area contributed by atoms with E-state index in [1.165, 1.54) is 28.0 Å². The Morgan fingerprint density at radius 2 is 2.00 bits per heavy atom. The molecule has 0 saturated heterocycles. The molecule has 0 aliphatic heterocycles. The number of fused-ring (bicyclic) bond motifs is 3. The highest BCUT2D eigenvalue weighted by atomic mass is 32.1. The van der Waals surface area contributed by atoms with E-state index in [1.807, 2.05) is 18.2 Å². The minimum atomic E-state index is -0.419. The Morgan fingerprint density at radius 1 is 1.21 bits per heavy atom. The molecule has 0 bridgehead atoms. The highest BCUT2D eigenvalue weighted by molar-refractivity contribution is 7.17. The molecule has 2 aromatic rings. The quantitative estimate of drug-likeness (QED) is 0.644. The number of carbonyl (C=O) groups excluding carboxylic acids is 2. The van der Waals surface area contributed by atoms with Crippen molar-refractivity contribution in [2.75, 3.05) is 13.2 Å². The van der Waals surface area contributed by atoms with E-state index in [1.54, 1.807) is 0 Å². The van der Waals surface area contributed by atoms with Gasteiger partial charge in [-0.05, 0) is 42.0 Å². The van der Waals surface area contributed by atoms with Crippen LogP contribution in [0.3, 0.4) is 0 Å². The van der Waals surface area contributed by atoms with Crippen LogP contribution in [0.2, 0.25) is 0 Å². The molecular formula is C19H21NO3S. The Labute approximate surface area is 145 Å². The first-order valence-electron chi connectivity index (χ1n) is 8.34. The van der Waals surface area contributed by atoms with Gasteiger partial charge in [0.2, 0.25) is 0 Å². The summed E-state index contributed by atoms with van der Waals surface area (Å²) in [7, 11) is 0. The van der Waals surface area contributed by atoms with Gasteiger partial charge in [0.25, 0.3) is 5.91 Å². The lowest BCUT2D eigenvalue weighted by atomic mass is 9.91. The molecule has 1 amide bonds. The number of aryl methyl sites for hydroxylation is 2. The molecule has 3 rings (SSSR count). The van der Waals surface area contributed by atoms with Crippen LogP contribution < -0.4 is 5.32 Å². The lowest BCUT2D eigenvalue weighted by molar-refractivity contribution is -0.124. The smallest absolute Gasteiger partial charge is 0.348 e. The third-order valence-corrected chi connectivity index (χ3v) is 5.31. The number of carbonyl (C=O) groups is 2. The summed E-state index contributed by atoms with van der Waals surface area (Å²) in [5, 5.41) is 2.74. The second-order valence-corrected chi connectivity index (χ2v) is 6.95. The van der Waals surface area contributed by atoms with Crippen molar-refractivity contribution in [2.45, 2.75) is 32.6 Å². The summed E-state index contributed by atoms with van der Waals surface area (Å²) in [6.45, 7) is 2.46. The van der Waals surface area contributed by atoms with Gasteiger partial charge in [-0.15, -0.1) is 11.3 Å². The largest absolute Gasteiger partial charge is 0.451 e. The second kappa shape index (κ2) is 7.62. The van der Waals surface area contributed by atoms with E-state index in [9.17, 15) is 9.59 Å². The average molecular weight is 343 g/mol. The number of rotatable bonds is 6. The van der Waals surface area contributed by atoms with Gasteiger partial charge in [-0.25, -0.2) is 4.79 Å². The number of hydrogen-bond donors (Lipinski definition) is 1. The molecule has 1 heterocycles. The number of hydrogen-bond acceptors (Lipinski definition) is 4. The highest BCUT2D eigenvalue weighted by Gasteiger charge is 2.22. The molecule has 0 spiro atoms. The maximum atomic E-state index is 12.2. The molecule has 0 atom stereocenters. The van der Waals surface area contributed by atoms with E-state index in [2.05, 4.69) is 24.4 Å². The molecule has 24 heavy (non-hydrogen) atoms. The molecule has 0 unspecified atom stereocenters. The van der Waals surface area contributed by atoms with E-state index in [-0.39, 0.29) is 12.5 Å². The number of nitrogens with one attached hydrogen (secondary N) is 1. The van der Waals surface area contributed by atoms with Crippen molar-refractivity contribution < 1.29 is 14.3 Å². The van der Waals surface area contributed by atoms with Crippen LogP contribution >= 0.6 is 11.3 Å². The zero-order valence-electron chi connectivity index (χ0n) is 13.8. The van der Waals surface area contributed by atoms with Crippen LogP contribution in [0.15, 0.2) is 30.3 Å². The van der Waals surface area contributed by atoms with Crippen LogP contribution in [0.4, 0.5) is 0 Å². The fraction of sp³-hybridized carbons (Fsp3) is 0.368. The molecule has 126 valence electrons. The minimum Gasteiger partial charge on any atom is -0.451 e. The van der Waals surface area contributed by atoms with E-state index < -0.39 is 5.97 Å². The lowest BCUT2D eigenvalue weighted by Crippen LogP contribution is -2.29. The Bertz CT molecular complexity index is 751. The van der Waals surface area contributed by atoms with E-state index in [4.69, 9.17) is 4.74 Å². The van der Waals surface area contributed by atoms with E-state index >= 15 is 0 Å². The van der Waals surface area contributed by atoms with Crippen LogP contribution in [0.25, 0.3) is 10.4 Å². The SMILES string of the molecule is CCCCNC(=O)COC(=O)c1cc2c(s1)-c1ccccc1CC2. The fourth-order valence-electron chi connectivity index (χ4n) is 2.83. The molecule has 0 radical (unpaired) electrons. The molecule has 5 heteroatoms. The predicted octanol–water partition coefficient (Wildman–Crippen LogP) is 3.59. The normalized spacial score (nSPS) is 12.2. The topological polar surface area (TPSA) is 55.4 Å².